The third-order valence-corrected chi connectivity index (χ3v) is 3.85. The molecule has 0 fully saturated rings. The van der Waals surface area contributed by atoms with Crippen LogP contribution in [0.5, 0.6) is 5.75 Å². The quantitative estimate of drug-likeness (QED) is 0.653. The number of hydrogen-bond donors (Lipinski definition) is 3. The molecule has 0 aliphatic heterocycles. The summed E-state index contributed by atoms with van der Waals surface area (Å²) in [5.74, 6) is -1.21. The van der Waals surface area contributed by atoms with Crippen molar-refractivity contribution >= 4 is 11.9 Å². The van der Waals surface area contributed by atoms with Crippen molar-refractivity contribution in [2.24, 2.45) is 0 Å². The van der Waals surface area contributed by atoms with Gasteiger partial charge in [-0.15, -0.1) is 0 Å². The van der Waals surface area contributed by atoms with E-state index in [2.05, 4.69) is 15.5 Å². The van der Waals surface area contributed by atoms with Crippen LogP contribution in [0.3, 0.4) is 0 Å². The Kier molecular flexibility index (Phi) is 6.48. The van der Waals surface area contributed by atoms with E-state index in [9.17, 15) is 14.4 Å². The maximum absolute atomic E-state index is 12.4. The summed E-state index contributed by atoms with van der Waals surface area (Å²) in [6.07, 6.45) is 1.33. The first-order valence-corrected chi connectivity index (χ1v) is 8.28. The van der Waals surface area contributed by atoms with E-state index in [1.807, 2.05) is 13.8 Å². The number of nitrogens with one attached hydrogen (secondary N) is 2. The number of aromatic nitrogens is 2. The Labute approximate surface area is 150 Å². The molecule has 0 aliphatic rings. The van der Waals surface area contributed by atoms with Crippen LogP contribution in [0.4, 0.5) is 0 Å². The summed E-state index contributed by atoms with van der Waals surface area (Å²) in [6.45, 7) is 3.47. The Morgan fingerprint density at radius 2 is 2.00 bits per heavy atom. The highest BCUT2D eigenvalue weighted by atomic mass is 16.5. The summed E-state index contributed by atoms with van der Waals surface area (Å²) < 4.78 is 5.06. The average molecular weight is 359 g/mol. The average Bonchev–Trinajstić information content (AvgIpc) is 2.65. The number of ether oxygens (including phenoxy) is 1. The molecular formula is C18H21N3O5. The number of carbonyl (C=O) groups is 2. The zero-order chi connectivity index (χ0) is 19.1. The second kappa shape index (κ2) is 8.80. The fourth-order valence-corrected chi connectivity index (χ4v) is 2.60. The van der Waals surface area contributed by atoms with Crippen LogP contribution in [0.2, 0.25) is 0 Å². The van der Waals surface area contributed by atoms with Gasteiger partial charge in [0.15, 0.2) is 6.61 Å². The molecule has 0 spiro atoms. The van der Waals surface area contributed by atoms with Gasteiger partial charge in [-0.25, -0.2) is 9.89 Å². The van der Waals surface area contributed by atoms with Gasteiger partial charge in [0.1, 0.15) is 5.75 Å². The van der Waals surface area contributed by atoms with Crippen LogP contribution in [-0.4, -0.2) is 33.8 Å². The number of nitrogens with zero attached hydrogens (tertiary/aromatic N) is 1. The van der Waals surface area contributed by atoms with Crippen LogP contribution in [0.25, 0.3) is 0 Å². The smallest absolute Gasteiger partial charge is 0.341 e. The van der Waals surface area contributed by atoms with Crippen molar-refractivity contribution in [2.75, 3.05) is 6.61 Å². The van der Waals surface area contributed by atoms with Crippen molar-refractivity contribution in [3.8, 4) is 5.75 Å². The van der Waals surface area contributed by atoms with Gasteiger partial charge in [0.25, 0.3) is 11.5 Å². The number of aliphatic carboxylic acids is 1. The van der Waals surface area contributed by atoms with Gasteiger partial charge in [0.2, 0.25) is 0 Å². The number of aromatic amines is 1. The fourth-order valence-electron chi connectivity index (χ4n) is 2.60. The molecule has 0 atom stereocenters. The van der Waals surface area contributed by atoms with E-state index in [1.54, 1.807) is 18.2 Å². The SMILES string of the molecule is CCc1n[nH]c(=O)c(CNC(=O)c2cccc(OCC(=O)O)c2)c1CC. The number of hydrogen-bond acceptors (Lipinski definition) is 5. The third-order valence-electron chi connectivity index (χ3n) is 3.85. The first-order valence-electron chi connectivity index (χ1n) is 8.28. The molecule has 1 aromatic carbocycles. The van der Waals surface area contributed by atoms with Gasteiger partial charge in [-0.2, -0.15) is 5.10 Å². The lowest BCUT2D eigenvalue weighted by Gasteiger charge is -2.12. The highest BCUT2D eigenvalue weighted by Gasteiger charge is 2.14. The number of amides is 1. The van der Waals surface area contributed by atoms with Crippen LogP contribution in [0.15, 0.2) is 29.1 Å². The summed E-state index contributed by atoms with van der Waals surface area (Å²) in [5, 5.41) is 17.9. The van der Waals surface area contributed by atoms with E-state index in [-0.39, 0.29) is 23.8 Å². The molecular weight excluding hydrogens is 338 g/mol. The first kappa shape index (κ1) is 19.2. The standard InChI is InChI=1S/C18H21N3O5/c1-3-13-14(18(25)21-20-15(13)4-2)9-19-17(24)11-6-5-7-12(8-11)26-10-16(22)23/h5-8H,3-4,9-10H2,1-2H3,(H,19,24)(H,21,25)(H,22,23). The zero-order valence-corrected chi connectivity index (χ0v) is 14.7. The van der Waals surface area contributed by atoms with E-state index >= 15 is 0 Å². The number of benzene rings is 1. The normalized spacial score (nSPS) is 10.4. The number of carboxylic acids is 1. The van der Waals surface area contributed by atoms with Crippen molar-refractivity contribution < 1.29 is 19.4 Å². The molecule has 8 heteroatoms. The Morgan fingerprint density at radius 1 is 1.23 bits per heavy atom. The topological polar surface area (TPSA) is 121 Å². The van der Waals surface area contributed by atoms with Gasteiger partial charge < -0.3 is 15.2 Å². The molecule has 0 saturated heterocycles. The van der Waals surface area contributed by atoms with Gasteiger partial charge in [-0.1, -0.05) is 19.9 Å². The van der Waals surface area contributed by atoms with Crippen LogP contribution in [0.1, 0.15) is 41.0 Å². The van der Waals surface area contributed by atoms with Crippen LogP contribution >= 0.6 is 0 Å². The summed E-state index contributed by atoms with van der Waals surface area (Å²) in [6, 6.07) is 6.19. The highest BCUT2D eigenvalue weighted by molar-refractivity contribution is 5.94. The fraction of sp³-hybridized carbons (Fsp3) is 0.333. The largest absolute Gasteiger partial charge is 0.482 e. The predicted molar refractivity (Wildman–Crippen MR) is 94.4 cm³/mol. The third kappa shape index (κ3) is 4.69. The second-order valence-corrected chi connectivity index (χ2v) is 5.56. The molecule has 0 bridgehead atoms. The van der Waals surface area contributed by atoms with E-state index in [4.69, 9.17) is 9.84 Å². The van der Waals surface area contributed by atoms with E-state index < -0.39 is 12.6 Å². The second-order valence-electron chi connectivity index (χ2n) is 5.56. The molecule has 8 nitrogen and oxygen atoms in total. The first-order chi connectivity index (χ1) is 12.5. The van der Waals surface area contributed by atoms with Crippen LogP contribution in [0, 0.1) is 0 Å². The van der Waals surface area contributed by atoms with Gasteiger partial charge >= 0.3 is 5.97 Å². The number of aryl methyl sites for hydroxylation is 1. The van der Waals surface area contributed by atoms with E-state index in [1.165, 1.54) is 6.07 Å². The van der Waals surface area contributed by atoms with Crippen molar-refractivity contribution in [1.29, 1.82) is 0 Å². The van der Waals surface area contributed by atoms with Crippen molar-refractivity contribution in [2.45, 2.75) is 33.2 Å². The molecule has 2 rings (SSSR count). The number of rotatable bonds is 8. The van der Waals surface area contributed by atoms with Gasteiger partial charge in [0, 0.05) is 17.7 Å². The van der Waals surface area contributed by atoms with Gasteiger partial charge in [-0.3, -0.25) is 9.59 Å². The molecule has 26 heavy (non-hydrogen) atoms. The lowest BCUT2D eigenvalue weighted by molar-refractivity contribution is -0.139. The summed E-state index contributed by atoms with van der Waals surface area (Å²) >= 11 is 0. The Bertz CT molecular complexity index is 860. The van der Waals surface area contributed by atoms with Crippen LogP contribution < -0.4 is 15.6 Å². The lowest BCUT2D eigenvalue weighted by atomic mass is 10.0. The molecule has 0 unspecified atom stereocenters. The number of carboxylic acid groups (broad SMARTS) is 1. The minimum Gasteiger partial charge on any atom is -0.482 e. The molecule has 0 saturated carbocycles. The van der Waals surface area contributed by atoms with Gasteiger partial charge in [-0.05, 0) is 36.6 Å². The molecule has 2 aromatic rings. The van der Waals surface area contributed by atoms with Crippen LogP contribution in [-0.2, 0) is 24.2 Å². The number of H-pyrrole nitrogens is 1. The maximum Gasteiger partial charge on any atom is 0.341 e. The molecule has 1 aromatic heterocycles. The van der Waals surface area contributed by atoms with E-state index in [0.29, 0.717) is 24.0 Å². The molecule has 138 valence electrons. The molecule has 0 aliphatic carbocycles. The molecule has 0 radical (unpaired) electrons. The maximum atomic E-state index is 12.4. The summed E-state index contributed by atoms with van der Waals surface area (Å²) in [4.78, 5) is 35.0. The number of carbonyl (C=O) groups excluding carboxylic acids is 1. The molecule has 1 amide bonds. The highest BCUT2D eigenvalue weighted by Crippen LogP contribution is 2.14. The summed E-state index contributed by atoms with van der Waals surface area (Å²) in [7, 11) is 0. The molecule has 1 heterocycles. The molecule has 3 N–H and O–H groups in total. The van der Waals surface area contributed by atoms with Crippen molar-refractivity contribution in [3.05, 3.63) is 57.0 Å². The minimum atomic E-state index is -1.10. The Hall–Kier alpha value is -3.16. The minimum absolute atomic E-state index is 0.0765. The van der Waals surface area contributed by atoms with Crippen molar-refractivity contribution in [3.63, 3.8) is 0 Å². The lowest BCUT2D eigenvalue weighted by Crippen LogP contribution is -2.29. The summed E-state index contributed by atoms with van der Waals surface area (Å²) in [5.41, 5.74) is 2.13. The monoisotopic (exact) mass is 359 g/mol. The zero-order valence-electron chi connectivity index (χ0n) is 14.7. The van der Waals surface area contributed by atoms with E-state index in [0.717, 1.165) is 11.3 Å². The van der Waals surface area contributed by atoms with Crippen molar-refractivity contribution in [1.82, 2.24) is 15.5 Å². The predicted octanol–water partition coefficient (Wildman–Crippen LogP) is 1.29. The Morgan fingerprint density at radius 3 is 2.65 bits per heavy atom. The Balaban J connectivity index is 2.13. The van der Waals surface area contributed by atoms with Gasteiger partial charge in [0.05, 0.1) is 5.69 Å².